The van der Waals surface area contributed by atoms with Gasteiger partial charge in [-0.15, -0.1) is 0 Å². The molecule has 3 unspecified atom stereocenters. The zero-order chi connectivity index (χ0) is 15.5. The Morgan fingerprint density at radius 3 is 3.00 bits per heavy atom. The van der Waals surface area contributed by atoms with Crippen LogP contribution in [0.1, 0.15) is 37.2 Å². The average molecular weight is 308 g/mol. The van der Waals surface area contributed by atoms with Crippen molar-refractivity contribution in [3.63, 3.8) is 0 Å². The number of amides is 1. The van der Waals surface area contributed by atoms with Gasteiger partial charge in [0.25, 0.3) is 0 Å². The minimum absolute atomic E-state index is 0.0302. The van der Waals surface area contributed by atoms with E-state index in [1.54, 1.807) is 0 Å². The second kappa shape index (κ2) is 6.73. The van der Waals surface area contributed by atoms with Crippen molar-refractivity contribution in [3.8, 4) is 0 Å². The normalized spacial score (nSPS) is 27.5. The van der Waals surface area contributed by atoms with Gasteiger partial charge in [0.05, 0.1) is 0 Å². The Balaban J connectivity index is 1.45. The highest BCUT2D eigenvalue weighted by Gasteiger charge is 2.45. The minimum atomic E-state index is -0.452. The van der Waals surface area contributed by atoms with Gasteiger partial charge in [-0.2, -0.15) is 0 Å². The van der Waals surface area contributed by atoms with Gasteiger partial charge in [-0.25, -0.2) is 8.78 Å². The summed E-state index contributed by atoms with van der Waals surface area (Å²) in [6.07, 6.45) is 3.99. The van der Waals surface area contributed by atoms with E-state index < -0.39 is 11.6 Å². The maximum atomic E-state index is 13.7. The Morgan fingerprint density at radius 2 is 2.23 bits per heavy atom. The third-order valence-electron chi connectivity index (χ3n) is 4.74. The van der Waals surface area contributed by atoms with Gasteiger partial charge in [-0.1, -0.05) is 0 Å². The van der Waals surface area contributed by atoms with E-state index in [1.165, 1.54) is 18.9 Å². The second-order valence-corrected chi connectivity index (χ2v) is 6.41. The van der Waals surface area contributed by atoms with Crippen LogP contribution >= 0.6 is 0 Å². The number of hydrogen-bond donors (Lipinski definition) is 2. The monoisotopic (exact) mass is 308 g/mol. The first-order valence-corrected chi connectivity index (χ1v) is 8.08. The molecule has 2 N–H and O–H groups in total. The molecule has 1 aliphatic heterocycles. The van der Waals surface area contributed by atoms with Crippen molar-refractivity contribution in [2.24, 2.45) is 11.8 Å². The first-order chi connectivity index (χ1) is 10.6. The lowest BCUT2D eigenvalue weighted by molar-refractivity contribution is -0.122. The maximum Gasteiger partial charge on any atom is 0.223 e. The Kier molecular flexibility index (Phi) is 4.71. The summed E-state index contributed by atoms with van der Waals surface area (Å²) in [5.41, 5.74) is 0.330. The molecular formula is C17H22F2N2O. The third-order valence-corrected chi connectivity index (χ3v) is 4.74. The molecule has 120 valence electrons. The van der Waals surface area contributed by atoms with Crippen LogP contribution in [0.3, 0.4) is 0 Å². The van der Waals surface area contributed by atoms with E-state index >= 15 is 0 Å². The quantitative estimate of drug-likeness (QED) is 0.878. The summed E-state index contributed by atoms with van der Waals surface area (Å²) in [5.74, 6) is -0.655. The Hall–Kier alpha value is -1.49. The highest BCUT2D eigenvalue weighted by molar-refractivity contribution is 5.82. The molecule has 22 heavy (non-hydrogen) atoms. The van der Waals surface area contributed by atoms with Crippen molar-refractivity contribution >= 4 is 5.91 Å². The molecule has 2 fully saturated rings. The molecule has 0 bridgehead atoms. The lowest BCUT2D eigenvalue weighted by atomic mass is 9.96. The van der Waals surface area contributed by atoms with Crippen molar-refractivity contribution in [1.82, 2.24) is 10.6 Å². The Labute approximate surface area is 129 Å². The maximum absolute atomic E-state index is 13.7. The summed E-state index contributed by atoms with van der Waals surface area (Å²) in [6, 6.07) is 3.45. The van der Waals surface area contributed by atoms with Crippen LogP contribution < -0.4 is 10.6 Å². The number of rotatable bonds is 5. The van der Waals surface area contributed by atoms with Crippen molar-refractivity contribution in [2.45, 2.75) is 31.6 Å². The topological polar surface area (TPSA) is 41.1 Å². The molecule has 3 atom stereocenters. The third kappa shape index (κ3) is 3.64. The lowest BCUT2D eigenvalue weighted by Crippen LogP contribution is -2.33. The van der Waals surface area contributed by atoms with Gasteiger partial charge < -0.3 is 10.6 Å². The lowest BCUT2D eigenvalue weighted by Gasteiger charge is -2.22. The van der Waals surface area contributed by atoms with Crippen LogP contribution in [0.5, 0.6) is 0 Å². The smallest absolute Gasteiger partial charge is 0.223 e. The van der Waals surface area contributed by atoms with E-state index in [1.807, 2.05) is 0 Å². The average Bonchev–Trinajstić information content (AvgIpc) is 3.31. The number of benzene rings is 1. The second-order valence-electron chi connectivity index (χ2n) is 6.41. The molecule has 1 aliphatic carbocycles. The zero-order valence-corrected chi connectivity index (χ0v) is 12.6. The molecule has 1 amide bonds. The van der Waals surface area contributed by atoms with Crippen molar-refractivity contribution < 1.29 is 13.6 Å². The molecule has 1 aromatic carbocycles. The van der Waals surface area contributed by atoms with Crippen molar-refractivity contribution in [2.75, 3.05) is 19.6 Å². The van der Waals surface area contributed by atoms with Crippen LogP contribution in [0.25, 0.3) is 0 Å². The molecule has 3 nitrogen and oxygen atoms in total. The fraction of sp³-hybridized carbons (Fsp3) is 0.588. The van der Waals surface area contributed by atoms with E-state index in [0.717, 1.165) is 31.6 Å². The SMILES string of the molecule is O=C(NCCC1CCCNC1)C1CC1c1cc(F)ccc1F. The molecule has 0 spiro atoms. The molecule has 1 heterocycles. The molecule has 1 saturated carbocycles. The predicted molar refractivity (Wildman–Crippen MR) is 80.4 cm³/mol. The van der Waals surface area contributed by atoms with Crippen LogP contribution in [-0.4, -0.2) is 25.5 Å². The van der Waals surface area contributed by atoms with Gasteiger partial charge in [-0.05, 0) is 74.4 Å². The summed E-state index contributed by atoms with van der Waals surface area (Å²) in [5, 5.41) is 6.30. The van der Waals surface area contributed by atoms with Gasteiger partial charge in [-0.3, -0.25) is 4.79 Å². The van der Waals surface area contributed by atoms with Crippen LogP contribution in [0.2, 0.25) is 0 Å². The number of nitrogens with one attached hydrogen (secondary N) is 2. The minimum Gasteiger partial charge on any atom is -0.356 e. The molecule has 1 saturated heterocycles. The molecule has 3 rings (SSSR count). The fourth-order valence-corrected chi connectivity index (χ4v) is 3.33. The van der Waals surface area contributed by atoms with Gasteiger partial charge in [0.1, 0.15) is 11.6 Å². The Bertz CT molecular complexity index is 543. The summed E-state index contributed by atoms with van der Waals surface area (Å²) in [7, 11) is 0. The van der Waals surface area contributed by atoms with Crippen LogP contribution in [0.15, 0.2) is 18.2 Å². The summed E-state index contributed by atoms with van der Waals surface area (Å²) < 4.78 is 26.9. The van der Waals surface area contributed by atoms with Gasteiger partial charge in [0.2, 0.25) is 5.91 Å². The van der Waals surface area contributed by atoms with Crippen molar-refractivity contribution in [3.05, 3.63) is 35.4 Å². The standard InChI is InChI=1S/C17H22F2N2O/c18-12-3-4-16(19)14(8-12)13-9-15(13)17(22)21-7-5-11-2-1-6-20-10-11/h3-4,8,11,13,15,20H,1-2,5-7,9-10H2,(H,21,22). The van der Waals surface area contributed by atoms with Gasteiger partial charge in [0.15, 0.2) is 0 Å². The summed E-state index contributed by atoms with van der Waals surface area (Å²) in [4.78, 5) is 12.1. The Morgan fingerprint density at radius 1 is 1.36 bits per heavy atom. The molecule has 0 radical (unpaired) electrons. The number of piperidine rings is 1. The summed E-state index contributed by atoms with van der Waals surface area (Å²) >= 11 is 0. The van der Waals surface area contributed by atoms with E-state index in [-0.39, 0.29) is 17.7 Å². The first-order valence-electron chi connectivity index (χ1n) is 8.08. The van der Waals surface area contributed by atoms with Crippen LogP contribution in [-0.2, 0) is 4.79 Å². The number of hydrogen-bond acceptors (Lipinski definition) is 2. The molecule has 0 aromatic heterocycles. The highest BCUT2D eigenvalue weighted by Crippen LogP contribution is 2.48. The van der Waals surface area contributed by atoms with Gasteiger partial charge in [0, 0.05) is 12.5 Å². The van der Waals surface area contributed by atoms with Crippen LogP contribution in [0, 0.1) is 23.5 Å². The molecular weight excluding hydrogens is 286 g/mol. The molecule has 2 aliphatic rings. The van der Waals surface area contributed by atoms with E-state index in [2.05, 4.69) is 10.6 Å². The first kappa shape index (κ1) is 15.4. The van der Waals surface area contributed by atoms with Gasteiger partial charge >= 0.3 is 0 Å². The van der Waals surface area contributed by atoms with Crippen LogP contribution in [0.4, 0.5) is 8.78 Å². The molecule has 1 aromatic rings. The van der Waals surface area contributed by atoms with Crippen molar-refractivity contribution in [1.29, 1.82) is 0 Å². The largest absolute Gasteiger partial charge is 0.356 e. The predicted octanol–water partition coefficient (Wildman–Crippen LogP) is 2.57. The van der Waals surface area contributed by atoms with E-state index in [4.69, 9.17) is 0 Å². The van der Waals surface area contributed by atoms with E-state index in [0.29, 0.717) is 24.4 Å². The number of carbonyl (C=O) groups excluding carboxylic acids is 1. The van der Waals surface area contributed by atoms with E-state index in [9.17, 15) is 13.6 Å². The number of halogens is 2. The number of carbonyl (C=O) groups is 1. The fourth-order valence-electron chi connectivity index (χ4n) is 3.33. The molecule has 5 heteroatoms. The summed E-state index contributed by atoms with van der Waals surface area (Å²) in [6.45, 7) is 2.78. The highest BCUT2D eigenvalue weighted by atomic mass is 19.1. The zero-order valence-electron chi connectivity index (χ0n) is 12.6.